The van der Waals surface area contributed by atoms with Gasteiger partial charge in [0.1, 0.15) is 10.8 Å². The van der Waals surface area contributed by atoms with E-state index in [1.165, 1.54) is 12.1 Å². The Morgan fingerprint density at radius 1 is 1.47 bits per heavy atom. The SMILES string of the molecule is CCC(Nc1ccc(Cl)c([N+](=O)[O-])c1)c1ccco1. The lowest BCUT2D eigenvalue weighted by Crippen LogP contribution is -2.08. The first-order chi connectivity index (χ1) is 9.11. The highest BCUT2D eigenvalue weighted by Crippen LogP contribution is 2.30. The fourth-order valence-corrected chi connectivity index (χ4v) is 1.99. The third-order valence-corrected chi connectivity index (χ3v) is 3.10. The smallest absolute Gasteiger partial charge is 0.289 e. The molecule has 5 nitrogen and oxygen atoms in total. The second kappa shape index (κ2) is 5.75. The Hall–Kier alpha value is -2.01. The fourth-order valence-electron chi connectivity index (χ4n) is 1.81. The average molecular weight is 281 g/mol. The molecule has 2 rings (SSSR count). The molecule has 0 amide bonds. The Kier molecular flexibility index (Phi) is 4.06. The topological polar surface area (TPSA) is 68.3 Å². The fraction of sp³-hybridized carbons (Fsp3) is 0.231. The van der Waals surface area contributed by atoms with E-state index in [1.807, 2.05) is 19.1 Å². The van der Waals surface area contributed by atoms with Crippen LogP contribution in [0.2, 0.25) is 5.02 Å². The predicted octanol–water partition coefficient (Wildman–Crippen LogP) is 4.40. The highest BCUT2D eigenvalue weighted by molar-refractivity contribution is 6.32. The molecule has 0 aliphatic heterocycles. The van der Waals surface area contributed by atoms with Gasteiger partial charge in [0, 0.05) is 11.8 Å². The molecule has 1 unspecified atom stereocenters. The lowest BCUT2D eigenvalue weighted by molar-refractivity contribution is -0.384. The average Bonchev–Trinajstić information content (AvgIpc) is 2.91. The molecule has 0 saturated heterocycles. The van der Waals surface area contributed by atoms with Crippen molar-refractivity contribution in [1.82, 2.24) is 0 Å². The first kappa shape index (κ1) is 13.4. The second-order valence-electron chi connectivity index (χ2n) is 4.04. The van der Waals surface area contributed by atoms with Crippen molar-refractivity contribution >= 4 is 23.0 Å². The summed E-state index contributed by atoms with van der Waals surface area (Å²) in [5.74, 6) is 0.792. The quantitative estimate of drug-likeness (QED) is 0.651. The summed E-state index contributed by atoms with van der Waals surface area (Å²) in [6, 6.07) is 8.29. The number of hydrogen-bond acceptors (Lipinski definition) is 4. The van der Waals surface area contributed by atoms with Crippen molar-refractivity contribution in [2.24, 2.45) is 0 Å². The molecule has 1 heterocycles. The lowest BCUT2D eigenvalue weighted by Gasteiger charge is -2.15. The van der Waals surface area contributed by atoms with Crippen molar-refractivity contribution in [3.05, 3.63) is 57.5 Å². The van der Waals surface area contributed by atoms with Crippen LogP contribution in [-0.2, 0) is 0 Å². The molecule has 19 heavy (non-hydrogen) atoms. The number of nitrogens with zero attached hydrogens (tertiary/aromatic N) is 1. The summed E-state index contributed by atoms with van der Waals surface area (Å²) < 4.78 is 5.34. The van der Waals surface area contributed by atoms with E-state index in [-0.39, 0.29) is 16.8 Å². The van der Waals surface area contributed by atoms with Gasteiger partial charge >= 0.3 is 0 Å². The molecule has 1 atom stereocenters. The van der Waals surface area contributed by atoms with Crippen LogP contribution in [0.1, 0.15) is 25.1 Å². The monoisotopic (exact) mass is 280 g/mol. The minimum Gasteiger partial charge on any atom is -0.467 e. The van der Waals surface area contributed by atoms with Gasteiger partial charge in [-0.25, -0.2) is 0 Å². The summed E-state index contributed by atoms with van der Waals surface area (Å²) in [4.78, 5) is 10.3. The molecule has 0 radical (unpaired) electrons. The Morgan fingerprint density at radius 3 is 2.84 bits per heavy atom. The van der Waals surface area contributed by atoms with Crippen LogP contribution in [-0.4, -0.2) is 4.92 Å². The Morgan fingerprint density at radius 2 is 2.26 bits per heavy atom. The van der Waals surface area contributed by atoms with E-state index >= 15 is 0 Å². The summed E-state index contributed by atoms with van der Waals surface area (Å²) in [5, 5.41) is 14.2. The number of furan rings is 1. The summed E-state index contributed by atoms with van der Waals surface area (Å²) >= 11 is 5.77. The van der Waals surface area contributed by atoms with Crippen LogP contribution < -0.4 is 5.32 Å². The van der Waals surface area contributed by atoms with Gasteiger partial charge in [0.2, 0.25) is 0 Å². The maximum Gasteiger partial charge on any atom is 0.289 e. The van der Waals surface area contributed by atoms with E-state index < -0.39 is 4.92 Å². The number of anilines is 1. The van der Waals surface area contributed by atoms with Crippen molar-refractivity contribution in [2.45, 2.75) is 19.4 Å². The lowest BCUT2D eigenvalue weighted by atomic mass is 10.1. The summed E-state index contributed by atoms with van der Waals surface area (Å²) in [5.41, 5.74) is 0.528. The Bertz CT molecular complexity index is 569. The standard InChI is InChI=1S/C13H13ClN2O3/c1-2-11(13-4-3-7-19-13)15-9-5-6-10(14)12(8-9)16(17)18/h3-8,11,15H,2H2,1H3. The van der Waals surface area contributed by atoms with Crippen molar-refractivity contribution < 1.29 is 9.34 Å². The maximum absolute atomic E-state index is 10.8. The molecule has 1 N–H and O–H groups in total. The molecule has 2 aromatic rings. The predicted molar refractivity (Wildman–Crippen MR) is 73.5 cm³/mol. The van der Waals surface area contributed by atoms with Gasteiger partial charge in [-0.1, -0.05) is 18.5 Å². The van der Waals surface area contributed by atoms with E-state index in [1.54, 1.807) is 12.3 Å². The van der Waals surface area contributed by atoms with Crippen molar-refractivity contribution in [3.63, 3.8) is 0 Å². The summed E-state index contributed by atoms with van der Waals surface area (Å²) in [6.07, 6.45) is 2.40. The summed E-state index contributed by atoms with van der Waals surface area (Å²) in [6.45, 7) is 2.00. The third kappa shape index (κ3) is 3.06. The van der Waals surface area contributed by atoms with Gasteiger partial charge in [0.05, 0.1) is 17.2 Å². The molecule has 0 aliphatic rings. The number of rotatable bonds is 5. The minimum atomic E-state index is -0.499. The molecular weight excluding hydrogens is 268 g/mol. The number of nitrogens with one attached hydrogen (secondary N) is 1. The van der Waals surface area contributed by atoms with Crippen molar-refractivity contribution in [2.75, 3.05) is 5.32 Å². The van der Waals surface area contributed by atoms with Crippen LogP contribution >= 0.6 is 11.6 Å². The zero-order valence-corrected chi connectivity index (χ0v) is 11.1. The number of benzene rings is 1. The zero-order chi connectivity index (χ0) is 13.8. The molecule has 0 bridgehead atoms. The number of nitro groups is 1. The minimum absolute atomic E-state index is 0.0317. The van der Waals surface area contributed by atoms with Crippen molar-refractivity contribution in [3.8, 4) is 0 Å². The van der Waals surface area contributed by atoms with Crippen LogP contribution in [0, 0.1) is 10.1 Å². The second-order valence-corrected chi connectivity index (χ2v) is 4.45. The van der Waals surface area contributed by atoms with Gasteiger partial charge in [-0.2, -0.15) is 0 Å². The van der Waals surface area contributed by atoms with Crippen LogP contribution in [0.25, 0.3) is 0 Å². The number of nitro benzene ring substituents is 1. The Labute approximate surface area is 115 Å². The van der Waals surface area contributed by atoms with Gasteiger partial charge < -0.3 is 9.73 Å². The molecule has 0 saturated carbocycles. The molecule has 0 aliphatic carbocycles. The van der Waals surface area contributed by atoms with Gasteiger partial charge in [-0.15, -0.1) is 0 Å². The van der Waals surface area contributed by atoms with Gasteiger partial charge in [0.25, 0.3) is 5.69 Å². The Balaban J connectivity index is 2.23. The molecular formula is C13H13ClN2O3. The van der Waals surface area contributed by atoms with Crippen molar-refractivity contribution in [1.29, 1.82) is 0 Å². The molecule has 0 fully saturated rings. The van der Waals surface area contributed by atoms with Crippen LogP contribution in [0.4, 0.5) is 11.4 Å². The maximum atomic E-state index is 10.8. The van der Waals surface area contributed by atoms with E-state index in [4.69, 9.17) is 16.0 Å². The summed E-state index contributed by atoms with van der Waals surface area (Å²) in [7, 11) is 0. The molecule has 1 aromatic carbocycles. The van der Waals surface area contributed by atoms with Gasteiger partial charge in [0.15, 0.2) is 0 Å². The first-order valence-electron chi connectivity index (χ1n) is 5.85. The van der Waals surface area contributed by atoms with Crippen LogP contribution in [0.3, 0.4) is 0 Å². The first-order valence-corrected chi connectivity index (χ1v) is 6.23. The highest BCUT2D eigenvalue weighted by atomic mass is 35.5. The number of hydrogen-bond donors (Lipinski definition) is 1. The molecule has 0 spiro atoms. The van der Waals surface area contributed by atoms with Gasteiger partial charge in [-0.3, -0.25) is 10.1 Å². The van der Waals surface area contributed by atoms with Crippen LogP contribution in [0.5, 0.6) is 0 Å². The third-order valence-electron chi connectivity index (χ3n) is 2.78. The van der Waals surface area contributed by atoms with E-state index in [9.17, 15) is 10.1 Å². The van der Waals surface area contributed by atoms with E-state index in [2.05, 4.69) is 5.32 Å². The molecule has 1 aromatic heterocycles. The largest absolute Gasteiger partial charge is 0.467 e. The number of halogens is 1. The van der Waals surface area contributed by atoms with Gasteiger partial charge in [-0.05, 0) is 30.7 Å². The van der Waals surface area contributed by atoms with E-state index in [0.29, 0.717) is 5.69 Å². The highest BCUT2D eigenvalue weighted by Gasteiger charge is 2.16. The van der Waals surface area contributed by atoms with E-state index in [0.717, 1.165) is 12.2 Å². The normalized spacial score (nSPS) is 12.1. The zero-order valence-electron chi connectivity index (χ0n) is 10.3. The molecule has 100 valence electrons. The molecule has 6 heteroatoms. The van der Waals surface area contributed by atoms with Crippen LogP contribution in [0.15, 0.2) is 41.0 Å².